The Hall–Kier alpha value is -4.44. The molecule has 16 heteroatoms. The van der Waals surface area contributed by atoms with E-state index in [1.807, 2.05) is 0 Å². The molecule has 0 saturated heterocycles. The van der Waals surface area contributed by atoms with Gasteiger partial charge in [-0.1, -0.05) is 0 Å². The third kappa shape index (κ3) is 9.62. The largest absolute Gasteiger partial charge is 0.444 e. The number of amides is 3. The summed E-state index contributed by atoms with van der Waals surface area (Å²) in [6.07, 6.45) is 4.78. The quantitative estimate of drug-likeness (QED) is 0.206. The van der Waals surface area contributed by atoms with Crippen molar-refractivity contribution in [3.8, 4) is 11.5 Å². The topological polar surface area (TPSA) is 165 Å². The number of aliphatic hydroxyl groups excluding tert-OH is 1. The molecule has 0 unspecified atom stereocenters. The maximum absolute atomic E-state index is 14.0. The fourth-order valence-corrected chi connectivity index (χ4v) is 5.76. The number of aromatic nitrogens is 4. The van der Waals surface area contributed by atoms with Crippen molar-refractivity contribution in [1.82, 2.24) is 24.6 Å². The minimum atomic E-state index is -2.95. The summed E-state index contributed by atoms with van der Waals surface area (Å²) < 4.78 is 46.0. The Morgan fingerprint density at radius 1 is 1.14 bits per heavy atom. The fraction of sp³-hybridized carbons (Fsp3) is 0.588. The number of carbonyl (C=O) groups excluding carboxylic acids is 3. The number of hydrogen-bond donors (Lipinski definition) is 2. The van der Waals surface area contributed by atoms with E-state index in [0.717, 1.165) is 19.1 Å². The van der Waals surface area contributed by atoms with Crippen molar-refractivity contribution in [3.05, 3.63) is 42.2 Å². The number of aliphatic hydroxyl groups is 1. The van der Waals surface area contributed by atoms with Gasteiger partial charge in [-0.15, -0.1) is 0 Å². The zero-order chi connectivity index (χ0) is 36.0. The Kier molecular flexibility index (Phi) is 11.8. The van der Waals surface area contributed by atoms with Crippen LogP contribution in [0.3, 0.4) is 0 Å². The number of alkyl halides is 2. The summed E-state index contributed by atoms with van der Waals surface area (Å²) in [6, 6.07) is 3.02. The van der Waals surface area contributed by atoms with Crippen LogP contribution >= 0.6 is 0 Å². The summed E-state index contributed by atoms with van der Waals surface area (Å²) in [4.78, 5) is 50.8. The number of halogens is 2. The van der Waals surface area contributed by atoms with Crippen molar-refractivity contribution in [1.29, 1.82) is 0 Å². The van der Waals surface area contributed by atoms with Crippen LogP contribution in [0.15, 0.2) is 35.2 Å². The smallest absolute Gasteiger partial charge is 0.416 e. The molecule has 0 spiro atoms. The number of hydrogen-bond acceptors (Lipinski definition) is 10. The molecule has 2 N–H and O–H groups in total. The monoisotopic (exact) mass is 701 g/mol. The Balaban J connectivity index is 1.23. The number of anilines is 2. The van der Waals surface area contributed by atoms with E-state index in [1.165, 1.54) is 22.0 Å². The lowest BCUT2D eigenvalue weighted by atomic mass is 9.85. The third-order valence-corrected chi connectivity index (χ3v) is 8.58. The molecular formula is C34H45F2N7O7. The van der Waals surface area contributed by atoms with Crippen molar-refractivity contribution in [2.75, 3.05) is 50.2 Å². The molecule has 3 aromatic heterocycles. The zero-order valence-electron chi connectivity index (χ0n) is 28.8. The standard InChI is InChI=1S/C34H45F2N7O7/c1-34(2,3)50-33(47)42(18-21-5-6-21)27-17-23(11-12-37-27)31-39-26(20-49-31)30(45)38-25-19-43(40-28(25)29(35)36)24-9-7-22(8-10-24)32(46)41(4)13-15-48-16-14-44/h11-12,17,19-22,24,29,44H,5-10,13-16,18H2,1-4H3,(H,38,45). The molecule has 0 aromatic carbocycles. The maximum atomic E-state index is 14.0. The van der Waals surface area contributed by atoms with Crippen LogP contribution in [0, 0.1) is 11.8 Å². The molecule has 2 saturated carbocycles. The van der Waals surface area contributed by atoms with Gasteiger partial charge in [0.15, 0.2) is 11.4 Å². The van der Waals surface area contributed by atoms with Gasteiger partial charge in [-0.25, -0.2) is 23.5 Å². The molecule has 2 fully saturated rings. The van der Waals surface area contributed by atoms with Crippen LogP contribution < -0.4 is 10.2 Å². The van der Waals surface area contributed by atoms with Crippen molar-refractivity contribution in [2.45, 2.75) is 77.4 Å². The summed E-state index contributed by atoms with van der Waals surface area (Å²) in [5.74, 6) is -0.195. The number of ether oxygens (including phenoxy) is 2. The first-order valence-electron chi connectivity index (χ1n) is 16.9. The minimum Gasteiger partial charge on any atom is -0.444 e. The molecule has 2 aliphatic rings. The van der Waals surface area contributed by atoms with E-state index in [2.05, 4.69) is 20.4 Å². The Bertz CT molecular complexity index is 1630. The van der Waals surface area contributed by atoms with Crippen LogP contribution in [0.4, 0.5) is 25.1 Å². The fourth-order valence-electron chi connectivity index (χ4n) is 5.76. The molecule has 50 heavy (non-hydrogen) atoms. The molecule has 3 aromatic rings. The lowest BCUT2D eigenvalue weighted by Crippen LogP contribution is -2.38. The van der Waals surface area contributed by atoms with Gasteiger partial charge in [0.1, 0.15) is 17.7 Å². The van der Waals surface area contributed by atoms with E-state index in [4.69, 9.17) is 19.0 Å². The minimum absolute atomic E-state index is 0.00803. The van der Waals surface area contributed by atoms with Crippen molar-refractivity contribution < 1.29 is 42.2 Å². The normalized spacial score (nSPS) is 17.8. The van der Waals surface area contributed by atoms with Crippen LogP contribution in [0.5, 0.6) is 0 Å². The van der Waals surface area contributed by atoms with Gasteiger partial charge < -0.3 is 29.2 Å². The van der Waals surface area contributed by atoms with Crippen LogP contribution in [-0.4, -0.2) is 93.2 Å². The summed E-state index contributed by atoms with van der Waals surface area (Å²) in [7, 11) is 1.70. The average molecular weight is 702 g/mol. The second-order valence-electron chi connectivity index (χ2n) is 13.7. The number of oxazole rings is 1. The lowest BCUT2D eigenvalue weighted by Gasteiger charge is -2.30. The Morgan fingerprint density at radius 2 is 1.88 bits per heavy atom. The highest BCUT2D eigenvalue weighted by molar-refractivity contribution is 6.03. The number of pyridine rings is 1. The van der Waals surface area contributed by atoms with Crippen LogP contribution in [0.2, 0.25) is 0 Å². The predicted molar refractivity (Wildman–Crippen MR) is 178 cm³/mol. The number of nitrogens with one attached hydrogen (secondary N) is 1. The first-order valence-corrected chi connectivity index (χ1v) is 16.9. The second-order valence-corrected chi connectivity index (χ2v) is 13.7. The lowest BCUT2D eigenvalue weighted by molar-refractivity contribution is -0.136. The highest BCUT2D eigenvalue weighted by Crippen LogP contribution is 2.36. The first kappa shape index (κ1) is 36.8. The van der Waals surface area contributed by atoms with Gasteiger partial charge in [0, 0.05) is 44.0 Å². The molecule has 272 valence electrons. The number of likely N-dealkylation sites (N-methyl/N-ethyl adjacent to an activating group) is 1. The molecular weight excluding hydrogens is 656 g/mol. The van der Waals surface area contributed by atoms with Gasteiger partial charge in [-0.3, -0.25) is 19.2 Å². The molecule has 5 rings (SSSR count). The summed E-state index contributed by atoms with van der Waals surface area (Å²) in [6.45, 7) is 6.67. The highest BCUT2D eigenvalue weighted by atomic mass is 19.3. The molecule has 0 aliphatic heterocycles. The van der Waals surface area contributed by atoms with Crippen molar-refractivity contribution in [2.24, 2.45) is 11.8 Å². The van der Waals surface area contributed by atoms with Crippen molar-refractivity contribution >= 4 is 29.4 Å². The molecule has 14 nitrogen and oxygen atoms in total. The van der Waals surface area contributed by atoms with Crippen LogP contribution in [0.25, 0.3) is 11.5 Å². The van der Waals surface area contributed by atoms with E-state index in [0.29, 0.717) is 62.7 Å². The number of nitrogens with zero attached hydrogens (tertiary/aromatic N) is 6. The summed E-state index contributed by atoms with van der Waals surface area (Å²) in [5.41, 5.74) is -1.10. The van der Waals surface area contributed by atoms with Crippen molar-refractivity contribution in [3.63, 3.8) is 0 Å². The molecule has 3 heterocycles. The van der Waals surface area contributed by atoms with Gasteiger partial charge >= 0.3 is 6.09 Å². The molecule has 0 bridgehead atoms. The van der Waals surface area contributed by atoms with E-state index in [9.17, 15) is 23.2 Å². The van der Waals surface area contributed by atoms with E-state index in [-0.39, 0.29) is 48.4 Å². The second kappa shape index (κ2) is 16.1. The van der Waals surface area contributed by atoms with Gasteiger partial charge in [0.25, 0.3) is 12.3 Å². The first-order chi connectivity index (χ1) is 23.8. The van der Waals surface area contributed by atoms with Crippen LogP contribution in [0.1, 0.15) is 87.9 Å². The molecule has 0 atom stereocenters. The third-order valence-electron chi connectivity index (χ3n) is 8.58. The highest BCUT2D eigenvalue weighted by Gasteiger charge is 2.33. The van der Waals surface area contributed by atoms with Crippen LogP contribution in [-0.2, 0) is 14.3 Å². The van der Waals surface area contributed by atoms with Gasteiger partial charge in [-0.2, -0.15) is 5.10 Å². The zero-order valence-corrected chi connectivity index (χ0v) is 28.8. The molecule has 3 amide bonds. The Morgan fingerprint density at radius 3 is 2.54 bits per heavy atom. The van der Waals surface area contributed by atoms with Gasteiger partial charge in [0.05, 0.1) is 31.5 Å². The van der Waals surface area contributed by atoms with Gasteiger partial charge in [-0.05, 0) is 77.3 Å². The number of rotatable bonds is 14. The summed E-state index contributed by atoms with van der Waals surface area (Å²) >= 11 is 0. The number of carbonyl (C=O) groups is 3. The molecule has 2 aliphatic carbocycles. The summed E-state index contributed by atoms with van der Waals surface area (Å²) in [5, 5.41) is 15.4. The maximum Gasteiger partial charge on any atom is 0.416 e. The van der Waals surface area contributed by atoms with E-state index >= 15 is 0 Å². The van der Waals surface area contributed by atoms with Gasteiger partial charge in [0.2, 0.25) is 11.8 Å². The van der Waals surface area contributed by atoms with E-state index < -0.39 is 29.7 Å². The predicted octanol–water partition coefficient (Wildman–Crippen LogP) is 5.47. The SMILES string of the molecule is CN(CCOCCO)C(=O)C1CCC(n2cc(NC(=O)c3coc(-c4ccnc(N(CC5CC5)C(=O)OC(C)(C)C)c4)n3)c(C(F)F)n2)CC1. The van der Waals surface area contributed by atoms with E-state index in [1.54, 1.807) is 44.9 Å². The molecule has 0 radical (unpaired) electrons. The average Bonchev–Trinajstić information content (AvgIpc) is 3.58. The Labute approximate surface area is 289 Å².